The van der Waals surface area contributed by atoms with Crippen LogP contribution in [0.5, 0.6) is 5.75 Å². The number of aliphatic hydroxyl groups is 1. The second-order valence-electron chi connectivity index (χ2n) is 3.34. The molecule has 0 aliphatic carbocycles. The third kappa shape index (κ3) is 3.70. The number of hydrogen-bond donors (Lipinski definition) is 2. The minimum Gasteiger partial charge on any atom is -0.489 e. The zero-order chi connectivity index (χ0) is 11.3. The van der Waals surface area contributed by atoms with Crippen LogP contribution >= 0.6 is 11.6 Å². The molecule has 0 heterocycles. The van der Waals surface area contributed by atoms with Crippen LogP contribution in [0.25, 0.3) is 0 Å². The Labute approximate surface area is 94.8 Å². The first-order valence-electron chi connectivity index (χ1n) is 4.96. The molecular formula is C11H16ClNO2. The lowest BCUT2D eigenvalue weighted by Crippen LogP contribution is -2.16. The maximum atomic E-state index is 9.32. The monoisotopic (exact) mass is 229 g/mol. The Morgan fingerprint density at radius 1 is 1.53 bits per heavy atom. The van der Waals surface area contributed by atoms with Gasteiger partial charge in [-0.05, 0) is 24.1 Å². The van der Waals surface area contributed by atoms with Gasteiger partial charge in [0.25, 0.3) is 0 Å². The summed E-state index contributed by atoms with van der Waals surface area (Å²) in [6.07, 6.45) is 0.216. The van der Waals surface area contributed by atoms with Gasteiger partial charge in [0.1, 0.15) is 12.4 Å². The fourth-order valence-electron chi connectivity index (χ4n) is 1.09. The average Bonchev–Trinajstić information content (AvgIpc) is 2.26. The standard InChI is InChI=1S/C11H16ClNO2/c1-2-9(14)7-15-11-4-3-8(6-13)5-10(11)12/h3-5,9,14H,2,6-7,13H2,1H3. The van der Waals surface area contributed by atoms with E-state index in [1.54, 1.807) is 12.1 Å². The number of rotatable bonds is 5. The third-order valence-corrected chi connectivity index (χ3v) is 2.43. The summed E-state index contributed by atoms with van der Waals surface area (Å²) >= 11 is 5.97. The second kappa shape index (κ2) is 5.95. The zero-order valence-corrected chi connectivity index (χ0v) is 9.50. The summed E-state index contributed by atoms with van der Waals surface area (Å²) in [6.45, 7) is 2.61. The van der Waals surface area contributed by atoms with Crippen LogP contribution in [-0.2, 0) is 6.54 Å². The molecule has 1 atom stereocenters. The van der Waals surface area contributed by atoms with Gasteiger partial charge in [0.15, 0.2) is 0 Å². The van der Waals surface area contributed by atoms with E-state index in [9.17, 15) is 5.11 Å². The molecular weight excluding hydrogens is 214 g/mol. The third-order valence-electron chi connectivity index (χ3n) is 2.13. The number of hydrogen-bond acceptors (Lipinski definition) is 3. The number of ether oxygens (including phenoxy) is 1. The van der Waals surface area contributed by atoms with Gasteiger partial charge in [0.05, 0.1) is 11.1 Å². The summed E-state index contributed by atoms with van der Waals surface area (Å²) in [7, 11) is 0. The molecule has 0 spiro atoms. The van der Waals surface area contributed by atoms with Crippen molar-refractivity contribution < 1.29 is 9.84 Å². The Bertz CT molecular complexity index is 317. The van der Waals surface area contributed by atoms with E-state index < -0.39 is 6.10 Å². The molecule has 4 heteroatoms. The molecule has 0 bridgehead atoms. The Balaban J connectivity index is 2.62. The first kappa shape index (κ1) is 12.3. The van der Waals surface area contributed by atoms with Gasteiger partial charge in [-0.15, -0.1) is 0 Å². The van der Waals surface area contributed by atoms with Crippen molar-refractivity contribution >= 4 is 11.6 Å². The summed E-state index contributed by atoms with van der Waals surface area (Å²) in [6, 6.07) is 5.40. The lowest BCUT2D eigenvalue weighted by atomic mass is 10.2. The molecule has 0 aliphatic rings. The van der Waals surface area contributed by atoms with Crippen LogP contribution in [0.4, 0.5) is 0 Å². The summed E-state index contributed by atoms with van der Waals surface area (Å²) < 4.78 is 5.37. The van der Waals surface area contributed by atoms with Crippen LogP contribution in [0, 0.1) is 0 Å². The molecule has 1 aromatic carbocycles. The van der Waals surface area contributed by atoms with Crippen molar-refractivity contribution in [1.29, 1.82) is 0 Å². The van der Waals surface area contributed by atoms with Crippen molar-refractivity contribution in [2.75, 3.05) is 6.61 Å². The van der Waals surface area contributed by atoms with Gasteiger partial charge >= 0.3 is 0 Å². The summed E-state index contributed by atoms with van der Waals surface area (Å²) in [5.41, 5.74) is 6.43. The van der Waals surface area contributed by atoms with Crippen molar-refractivity contribution in [2.24, 2.45) is 5.73 Å². The topological polar surface area (TPSA) is 55.5 Å². The fourth-order valence-corrected chi connectivity index (χ4v) is 1.35. The van der Waals surface area contributed by atoms with E-state index in [2.05, 4.69) is 0 Å². The van der Waals surface area contributed by atoms with E-state index in [1.165, 1.54) is 0 Å². The van der Waals surface area contributed by atoms with Crippen LogP contribution in [0.2, 0.25) is 5.02 Å². The lowest BCUT2D eigenvalue weighted by molar-refractivity contribution is 0.104. The number of halogens is 1. The second-order valence-corrected chi connectivity index (χ2v) is 3.75. The first-order chi connectivity index (χ1) is 7.17. The molecule has 0 fully saturated rings. The first-order valence-corrected chi connectivity index (χ1v) is 5.34. The van der Waals surface area contributed by atoms with Gasteiger partial charge in [-0.2, -0.15) is 0 Å². The lowest BCUT2D eigenvalue weighted by Gasteiger charge is -2.11. The fraction of sp³-hybridized carbons (Fsp3) is 0.455. The quantitative estimate of drug-likeness (QED) is 0.812. The Hall–Kier alpha value is -0.770. The molecule has 0 amide bonds. The Morgan fingerprint density at radius 2 is 2.27 bits per heavy atom. The SMILES string of the molecule is CCC(O)COc1ccc(CN)cc1Cl. The van der Waals surface area contributed by atoms with E-state index in [-0.39, 0.29) is 6.61 Å². The molecule has 1 unspecified atom stereocenters. The molecule has 1 rings (SSSR count). The predicted octanol–water partition coefficient (Wildman–Crippen LogP) is 1.95. The molecule has 84 valence electrons. The number of nitrogens with two attached hydrogens (primary N) is 1. The molecule has 0 aliphatic heterocycles. The van der Waals surface area contributed by atoms with Crippen LogP contribution in [-0.4, -0.2) is 17.8 Å². The molecule has 3 nitrogen and oxygen atoms in total. The van der Waals surface area contributed by atoms with Crippen LogP contribution in [0.15, 0.2) is 18.2 Å². The van der Waals surface area contributed by atoms with Crippen LogP contribution in [0.1, 0.15) is 18.9 Å². The van der Waals surface area contributed by atoms with Crippen molar-refractivity contribution in [2.45, 2.75) is 26.0 Å². The van der Waals surface area contributed by atoms with Crippen LogP contribution < -0.4 is 10.5 Å². The van der Waals surface area contributed by atoms with Gasteiger partial charge in [-0.25, -0.2) is 0 Å². The minimum atomic E-state index is -0.449. The van der Waals surface area contributed by atoms with E-state index in [0.29, 0.717) is 23.7 Å². The van der Waals surface area contributed by atoms with E-state index >= 15 is 0 Å². The molecule has 0 radical (unpaired) electrons. The zero-order valence-electron chi connectivity index (χ0n) is 8.74. The largest absolute Gasteiger partial charge is 0.489 e. The molecule has 0 aromatic heterocycles. The molecule has 0 saturated heterocycles. The minimum absolute atomic E-state index is 0.262. The Kier molecular flexibility index (Phi) is 4.88. The van der Waals surface area contributed by atoms with Gasteiger partial charge in [0, 0.05) is 6.54 Å². The van der Waals surface area contributed by atoms with E-state index in [4.69, 9.17) is 22.1 Å². The normalized spacial score (nSPS) is 12.5. The van der Waals surface area contributed by atoms with Crippen molar-refractivity contribution in [3.05, 3.63) is 28.8 Å². The van der Waals surface area contributed by atoms with Crippen molar-refractivity contribution in [3.8, 4) is 5.75 Å². The highest BCUT2D eigenvalue weighted by Crippen LogP contribution is 2.25. The average molecular weight is 230 g/mol. The highest BCUT2D eigenvalue weighted by molar-refractivity contribution is 6.32. The summed E-state index contributed by atoms with van der Waals surface area (Å²) in [4.78, 5) is 0. The number of aliphatic hydroxyl groups excluding tert-OH is 1. The van der Waals surface area contributed by atoms with Gasteiger partial charge in [-0.1, -0.05) is 24.6 Å². The van der Waals surface area contributed by atoms with Crippen LogP contribution in [0.3, 0.4) is 0 Å². The molecule has 15 heavy (non-hydrogen) atoms. The molecule has 3 N–H and O–H groups in total. The molecule has 1 aromatic rings. The van der Waals surface area contributed by atoms with Gasteiger partial charge in [0.2, 0.25) is 0 Å². The predicted molar refractivity (Wildman–Crippen MR) is 61.1 cm³/mol. The smallest absolute Gasteiger partial charge is 0.138 e. The number of benzene rings is 1. The van der Waals surface area contributed by atoms with Gasteiger partial charge < -0.3 is 15.6 Å². The highest BCUT2D eigenvalue weighted by Gasteiger charge is 2.05. The van der Waals surface area contributed by atoms with E-state index in [0.717, 1.165) is 5.56 Å². The highest BCUT2D eigenvalue weighted by atomic mass is 35.5. The van der Waals surface area contributed by atoms with E-state index in [1.807, 2.05) is 13.0 Å². The van der Waals surface area contributed by atoms with Crippen molar-refractivity contribution in [3.63, 3.8) is 0 Å². The van der Waals surface area contributed by atoms with Gasteiger partial charge in [-0.3, -0.25) is 0 Å². The maximum absolute atomic E-state index is 9.32. The van der Waals surface area contributed by atoms with Crippen molar-refractivity contribution in [1.82, 2.24) is 0 Å². The molecule has 0 saturated carbocycles. The summed E-state index contributed by atoms with van der Waals surface area (Å²) in [5.74, 6) is 0.585. The summed E-state index contributed by atoms with van der Waals surface area (Å²) in [5, 5.41) is 9.85. The Morgan fingerprint density at radius 3 is 2.80 bits per heavy atom. The maximum Gasteiger partial charge on any atom is 0.138 e.